The summed E-state index contributed by atoms with van der Waals surface area (Å²) in [6.45, 7) is 2.43. The molecule has 0 heterocycles. The topological polar surface area (TPSA) is 26.3 Å². The van der Waals surface area contributed by atoms with Crippen molar-refractivity contribution in [3.8, 4) is 0 Å². The molecule has 0 aliphatic carbocycles. The standard InChI is InChI=1S/C14H13F13O2/c1-7(2)8(28)29-4-3-10(17,18)13(23,24)11(19,20)5-9(15,16)6-12(21,22)14(25,26)27/h1,3-6H2,2H3. The van der Waals surface area contributed by atoms with E-state index in [9.17, 15) is 61.9 Å². The van der Waals surface area contributed by atoms with Crippen molar-refractivity contribution in [2.45, 2.75) is 62.0 Å². The van der Waals surface area contributed by atoms with Gasteiger partial charge in [-0.25, -0.2) is 13.6 Å². The van der Waals surface area contributed by atoms with Gasteiger partial charge in [0, 0.05) is 5.57 Å². The number of alkyl halides is 13. The summed E-state index contributed by atoms with van der Waals surface area (Å²) in [6, 6.07) is 0. The van der Waals surface area contributed by atoms with Crippen LogP contribution in [0.15, 0.2) is 12.2 Å². The summed E-state index contributed by atoms with van der Waals surface area (Å²) in [5.41, 5.74) is -0.379. The van der Waals surface area contributed by atoms with E-state index in [1.807, 2.05) is 0 Å². The summed E-state index contributed by atoms with van der Waals surface area (Å²) >= 11 is 0. The van der Waals surface area contributed by atoms with Crippen LogP contribution in [0, 0.1) is 0 Å². The summed E-state index contributed by atoms with van der Waals surface area (Å²) in [7, 11) is 0. The van der Waals surface area contributed by atoms with Gasteiger partial charge in [-0.1, -0.05) is 6.58 Å². The zero-order valence-electron chi connectivity index (χ0n) is 14.3. The van der Waals surface area contributed by atoms with Gasteiger partial charge in [-0.15, -0.1) is 0 Å². The van der Waals surface area contributed by atoms with E-state index in [1.54, 1.807) is 0 Å². The summed E-state index contributed by atoms with van der Waals surface area (Å²) in [6.07, 6.45) is -16.3. The molecule has 0 saturated heterocycles. The van der Waals surface area contributed by atoms with E-state index in [0.29, 0.717) is 0 Å². The third-order valence-corrected chi connectivity index (χ3v) is 3.29. The first-order valence-electron chi connectivity index (χ1n) is 7.28. The second-order valence-electron chi connectivity index (χ2n) is 6.06. The van der Waals surface area contributed by atoms with Crippen LogP contribution in [0.4, 0.5) is 57.1 Å². The van der Waals surface area contributed by atoms with Crippen molar-refractivity contribution < 1.29 is 66.6 Å². The Balaban J connectivity index is 5.41. The average Bonchev–Trinajstić information content (AvgIpc) is 2.42. The molecule has 0 saturated carbocycles. The Hall–Kier alpha value is -1.70. The zero-order chi connectivity index (χ0) is 23.7. The number of ether oxygens (including phenoxy) is 1. The molecule has 15 heteroatoms. The number of esters is 1. The normalized spacial score (nSPS) is 14.7. The van der Waals surface area contributed by atoms with Gasteiger partial charge >= 0.3 is 35.8 Å². The highest BCUT2D eigenvalue weighted by Gasteiger charge is 2.73. The summed E-state index contributed by atoms with van der Waals surface area (Å²) < 4.78 is 172. The Labute approximate surface area is 154 Å². The summed E-state index contributed by atoms with van der Waals surface area (Å²) in [5.74, 6) is -32.2. The Kier molecular flexibility index (Phi) is 7.72. The van der Waals surface area contributed by atoms with Crippen molar-refractivity contribution >= 4 is 5.97 Å². The Morgan fingerprint density at radius 3 is 1.55 bits per heavy atom. The maximum atomic E-state index is 13.5. The molecule has 0 atom stereocenters. The van der Waals surface area contributed by atoms with Crippen molar-refractivity contribution in [1.82, 2.24) is 0 Å². The minimum Gasteiger partial charge on any atom is -0.462 e. The molecule has 0 aromatic carbocycles. The lowest BCUT2D eigenvalue weighted by Crippen LogP contribution is -2.57. The molecular formula is C14H13F13O2. The van der Waals surface area contributed by atoms with E-state index in [1.165, 1.54) is 0 Å². The zero-order valence-corrected chi connectivity index (χ0v) is 14.3. The van der Waals surface area contributed by atoms with Gasteiger partial charge in [0.15, 0.2) is 0 Å². The SMILES string of the molecule is C=C(C)C(=O)OCCC(F)(F)C(F)(F)C(F)(F)CC(F)(F)CC(F)(F)C(F)(F)F. The lowest BCUT2D eigenvalue weighted by molar-refractivity contribution is -0.335. The molecule has 0 spiro atoms. The lowest BCUT2D eigenvalue weighted by Gasteiger charge is -2.35. The van der Waals surface area contributed by atoms with Crippen LogP contribution in [0.1, 0.15) is 26.2 Å². The Morgan fingerprint density at radius 1 is 0.759 bits per heavy atom. The van der Waals surface area contributed by atoms with Crippen molar-refractivity contribution in [3.05, 3.63) is 12.2 Å². The van der Waals surface area contributed by atoms with Crippen molar-refractivity contribution in [3.63, 3.8) is 0 Å². The Bertz CT molecular complexity index is 607. The molecule has 0 unspecified atom stereocenters. The third kappa shape index (κ3) is 6.66. The molecule has 0 aliphatic rings. The molecule has 0 aromatic heterocycles. The van der Waals surface area contributed by atoms with E-state index in [4.69, 9.17) is 0 Å². The van der Waals surface area contributed by atoms with Gasteiger partial charge in [0.05, 0.1) is 25.9 Å². The van der Waals surface area contributed by atoms with Gasteiger partial charge in [0.25, 0.3) is 5.92 Å². The third-order valence-electron chi connectivity index (χ3n) is 3.29. The minimum atomic E-state index is -6.62. The number of halogens is 13. The fraction of sp³-hybridized carbons (Fsp3) is 0.786. The monoisotopic (exact) mass is 460 g/mol. The molecule has 0 aromatic rings. The van der Waals surface area contributed by atoms with E-state index < -0.39 is 67.6 Å². The van der Waals surface area contributed by atoms with Crippen LogP contribution in [-0.4, -0.2) is 48.4 Å². The van der Waals surface area contributed by atoms with E-state index in [2.05, 4.69) is 11.3 Å². The highest BCUT2D eigenvalue weighted by molar-refractivity contribution is 5.86. The molecule has 172 valence electrons. The van der Waals surface area contributed by atoms with E-state index >= 15 is 0 Å². The molecule has 0 aliphatic heterocycles. The molecule has 0 amide bonds. The first-order chi connectivity index (χ1) is 12.5. The number of carbonyl (C=O) groups excluding carboxylic acids is 1. The number of rotatable bonds is 10. The largest absolute Gasteiger partial charge is 0.462 e. The van der Waals surface area contributed by atoms with Crippen LogP contribution in [-0.2, 0) is 9.53 Å². The molecule has 2 nitrogen and oxygen atoms in total. The lowest BCUT2D eigenvalue weighted by atomic mass is 9.94. The molecule has 0 bridgehead atoms. The molecule has 0 radical (unpaired) electrons. The van der Waals surface area contributed by atoms with E-state index in [-0.39, 0.29) is 5.57 Å². The maximum Gasteiger partial charge on any atom is 0.453 e. The predicted octanol–water partition coefficient (Wildman–Crippen LogP) is 6.01. The van der Waals surface area contributed by atoms with Gasteiger partial charge in [-0.2, -0.15) is 48.3 Å². The van der Waals surface area contributed by atoms with Gasteiger partial charge in [0.2, 0.25) is 0 Å². The smallest absolute Gasteiger partial charge is 0.453 e. The molecule has 0 rings (SSSR count). The van der Waals surface area contributed by atoms with Crippen LogP contribution in [0.5, 0.6) is 0 Å². The Morgan fingerprint density at radius 2 is 1.17 bits per heavy atom. The van der Waals surface area contributed by atoms with Gasteiger partial charge in [-0.05, 0) is 6.92 Å². The molecule has 29 heavy (non-hydrogen) atoms. The molecule has 0 fully saturated rings. The van der Waals surface area contributed by atoms with Gasteiger partial charge in [0.1, 0.15) is 0 Å². The number of hydrogen-bond donors (Lipinski definition) is 0. The van der Waals surface area contributed by atoms with Crippen LogP contribution < -0.4 is 0 Å². The average molecular weight is 460 g/mol. The van der Waals surface area contributed by atoms with Crippen LogP contribution in [0.25, 0.3) is 0 Å². The van der Waals surface area contributed by atoms with Gasteiger partial charge in [-0.3, -0.25) is 0 Å². The fourth-order valence-corrected chi connectivity index (χ4v) is 1.74. The van der Waals surface area contributed by atoms with E-state index in [0.717, 1.165) is 6.92 Å². The number of carbonyl (C=O) groups is 1. The highest BCUT2D eigenvalue weighted by atomic mass is 19.4. The van der Waals surface area contributed by atoms with Crippen LogP contribution >= 0.6 is 0 Å². The molecular weight excluding hydrogens is 447 g/mol. The molecule has 0 N–H and O–H groups in total. The fourth-order valence-electron chi connectivity index (χ4n) is 1.74. The van der Waals surface area contributed by atoms with Crippen LogP contribution in [0.3, 0.4) is 0 Å². The number of hydrogen-bond acceptors (Lipinski definition) is 2. The quantitative estimate of drug-likeness (QED) is 0.227. The van der Waals surface area contributed by atoms with Gasteiger partial charge < -0.3 is 4.74 Å². The minimum absolute atomic E-state index is 0.379. The highest BCUT2D eigenvalue weighted by Crippen LogP contribution is 2.53. The van der Waals surface area contributed by atoms with Crippen molar-refractivity contribution in [1.29, 1.82) is 0 Å². The maximum absolute atomic E-state index is 13.5. The second-order valence-corrected chi connectivity index (χ2v) is 6.06. The predicted molar refractivity (Wildman–Crippen MR) is 70.4 cm³/mol. The van der Waals surface area contributed by atoms with Crippen molar-refractivity contribution in [2.24, 2.45) is 0 Å². The summed E-state index contributed by atoms with van der Waals surface area (Å²) in [4.78, 5) is 10.9. The first kappa shape index (κ1) is 27.3. The first-order valence-corrected chi connectivity index (χ1v) is 7.28. The second kappa shape index (κ2) is 8.20. The van der Waals surface area contributed by atoms with Crippen molar-refractivity contribution in [2.75, 3.05) is 6.61 Å². The van der Waals surface area contributed by atoms with Crippen LogP contribution in [0.2, 0.25) is 0 Å². The summed E-state index contributed by atoms with van der Waals surface area (Å²) in [5, 5.41) is 0.